The van der Waals surface area contributed by atoms with Crippen molar-refractivity contribution in [3.05, 3.63) is 94.1 Å². The molecule has 1 N–H and O–H groups in total. The van der Waals surface area contributed by atoms with Crippen molar-refractivity contribution in [3.8, 4) is 11.5 Å². The van der Waals surface area contributed by atoms with Gasteiger partial charge in [0.05, 0.1) is 31.0 Å². The molecule has 1 heterocycles. The molecule has 7 nitrogen and oxygen atoms in total. The third-order valence-corrected chi connectivity index (χ3v) is 6.61. The van der Waals surface area contributed by atoms with Crippen LogP contribution in [0.5, 0.6) is 11.5 Å². The van der Waals surface area contributed by atoms with Crippen molar-refractivity contribution < 1.29 is 23.8 Å². The summed E-state index contributed by atoms with van der Waals surface area (Å²) in [5.74, 6) is 0.284. The second-order valence-electron chi connectivity index (χ2n) is 8.75. The molecule has 38 heavy (non-hydrogen) atoms. The number of rotatable bonds is 7. The van der Waals surface area contributed by atoms with E-state index in [1.165, 1.54) is 0 Å². The van der Waals surface area contributed by atoms with Crippen LogP contribution in [0.15, 0.2) is 66.7 Å². The van der Waals surface area contributed by atoms with Crippen molar-refractivity contribution in [1.82, 2.24) is 4.98 Å². The van der Waals surface area contributed by atoms with E-state index in [-0.39, 0.29) is 0 Å². The zero-order valence-corrected chi connectivity index (χ0v) is 21.7. The molecule has 0 unspecified atom stereocenters. The molecule has 0 bridgehead atoms. The second kappa shape index (κ2) is 10.9. The number of methoxy groups -OCH3 is 2. The quantitative estimate of drug-likeness (QED) is 0.288. The van der Waals surface area contributed by atoms with Gasteiger partial charge in [-0.1, -0.05) is 35.9 Å². The van der Waals surface area contributed by atoms with Gasteiger partial charge >= 0.3 is 5.97 Å². The van der Waals surface area contributed by atoms with E-state index in [1.54, 1.807) is 38.5 Å². The molecular formula is C30H25ClN2O5. The number of benzene rings is 3. The van der Waals surface area contributed by atoms with Crippen LogP contribution in [-0.2, 0) is 16.0 Å². The number of nitrogens with zero attached hydrogens (tertiary/aromatic N) is 1. The van der Waals surface area contributed by atoms with Gasteiger partial charge in [0.2, 0.25) is 0 Å². The lowest BCUT2D eigenvalue weighted by Gasteiger charge is -2.13. The maximum Gasteiger partial charge on any atom is 0.339 e. The Bertz CT molecular complexity index is 1560. The number of amides is 1. The van der Waals surface area contributed by atoms with Crippen LogP contribution in [0.1, 0.15) is 33.6 Å². The van der Waals surface area contributed by atoms with Crippen molar-refractivity contribution in [2.75, 3.05) is 26.1 Å². The van der Waals surface area contributed by atoms with Crippen molar-refractivity contribution in [2.45, 2.75) is 12.8 Å². The molecule has 1 aliphatic rings. The Kier molecular flexibility index (Phi) is 7.29. The maximum atomic E-state index is 13.3. The van der Waals surface area contributed by atoms with E-state index >= 15 is 0 Å². The molecule has 3 aromatic carbocycles. The fourth-order valence-corrected chi connectivity index (χ4v) is 4.72. The summed E-state index contributed by atoms with van der Waals surface area (Å²) in [5.41, 5.74) is 5.21. The number of pyridine rings is 1. The van der Waals surface area contributed by atoms with Crippen LogP contribution in [0.25, 0.3) is 22.6 Å². The SMILES string of the molecule is COc1ccc(/C=C2\CCc3c2nc2ccccc2c3C(=O)OCC(=O)Nc2ccc(Cl)cc2)cc1OC. The predicted octanol–water partition coefficient (Wildman–Crippen LogP) is 6.19. The monoisotopic (exact) mass is 528 g/mol. The molecule has 1 aromatic heterocycles. The standard InChI is InChI=1S/C30H25ClN2O5/c1-36-25-14-7-18(16-26(25)37-2)15-19-8-13-23-28(22-5-3-4-6-24(22)33-29(19)23)30(35)38-17-27(34)32-21-11-9-20(31)10-12-21/h3-7,9-12,14-16H,8,13,17H2,1-2H3,(H,32,34)/b19-15+. The molecule has 0 spiro atoms. The van der Waals surface area contributed by atoms with Crippen LogP contribution in [0, 0.1) is 0 Å². The molecule has 4 aromatic rings. The van der Waals surface area contributed by atoms with Gasteiger partial charge in [0.15, 0.2) is 18.1 Å². The highest BCUT2D eigenvalue weighted by molar-refractivity contribution is 6.30. The first-order chi connectivity index (χ1) is 18.5. The third-order valence-electron chi connectivity index (χ3n) is 6.36. The topological polar surface area (TPSA) is 86.8 Å². The molecule has 1 aliphatic carbocycles. The van der Waals surface area contributed by atoms with Gasteiger partial charge in [-0.2, -0.15) is 0 Å². The Labute approximate surface area is 225 Å². The number of carbonyl (C=O) groups excluding carboxylic acids is 2. The van der Waals surface area contributed by atoms with Gasteiger partial charge in [-0.15, -0.1) is 0 Å². The molecule has 1 amide bonds. The van der Waals surface area contributed by atoms with Gasteiger partial charge < -0.3 is 19.5 Å². The number of nitrogens with one attached hydrogen (secondary N) is 1. The number of esters is 1. The zero-order chi connectivity index (χ0) is 26.6. The lowest BCUT2D eigenvalue weighted by molar-refractivity contribution is -0.119. The molecule has 0 radical (unpaired) electrons. The first-order valence-corrected chi connectivity index (χ1v) is 12.4. The van der Waals surface area contributed by atoms with Crippen LogP contribution in [-0.4, -0.2) is 37.7 Å². The van der Waals surface area contributed by atoms with Gasteiger partial charge in [-0.05, 0) is 78.1 Å². The first-order valence-electron chi connectivity index (χ1n) is 12.0. The molecular weight excluding hydrogens is 504 g/mol. The largest absolute Gasteiger partial charge is 0.493 e. The number of fused-ring (bicyclic) bond motifs is 2. The average molecular weight is 529 g/mol. The molecule has 192 valence electrons. The molecule has 0 atom stereocenters. The smallest absolute Gasteiger partial charge is 0.339 e. The number of ether oxygens (including phenoxy) is 3. The van der Waals surface area contributed by atoms with Crippen LogP contribution in [0.3, 0.4) is 0 Å². The van der Waals surface area contributed by atoms with E-state index in [0.717, 1.165) is 22.4 Å². The third kappa shape index (κ3) is 5.19. The Morgan fingerprint density at radius 2 is 1.74 bits per heavy atom. The van der Waals surface area contributed by atoms with Crippen LogP contribution in [0.4, 0.5) is 5.69 Å². The van der Waals surface area contributed by atoms with Crippen molar-refractivity contribution >= 4 is 51.7 Å². The van der Waals surface area contributed by atoms with E-state index in [2.05, 4.69) is 5.32 Å². The van der Waals surface area contributed by atoms with Crippen molar-refractivity contribution in [2.24, 2.45) is 0 Å². The number of hydrogen-bond donors (Lipinski definition) is 1. The van der Waals surface area contributed by atoms with Crippen LogP contribution >= 0.6 is 11.6 Å². The molecule has 0 saturated carbocycles. The van der Waals surface area contributed by atoms with E-state index in [9.17, 15) is 9.59 Å². The number of carbonyl (C=O) groups is 2. The fourth-order valence-electron chi connectivity index (χ4n) is 4.59. The Morgan fingerprint density at radius 1 is 0.974 bits per heavy atom. The fraction of sp³-hybridized carbons (Fsp3) is 0.167. The molecule has 0 aliphatic heterocycles. The van der Waals surface area contributed by atoms with Gasteiger partial charge in [-0.3, -0.25) is 4.79 Å². The van der Waals surface area contributed by atoms with E-state index in [0.29, 0.717) is 51.5 Å². The number of anilines is 1. The van der Waals surface area contributed by atoms with Crippen molar-refractivity contribution in [3.63, 3.8) is 0 Å². The highest BCUT2D eigenvalue weighted by Crippen LogP contribution is 2.38. The highest BCUT2D eigenvalue weighted by Gasteiger charge is 2.28. The van der Waals surface area contributed by atoms with Crippen LogP contribution < -0.4 is 14.8 Å². The van der Waals surface area contributed by atoms with Crippen LogP contribution in [0.2, 0.25) is 5.02 Å². The molecule has 5 rings (SSSR count). The summed E-state index contributed by atoms with van der Waals surface area (Å²) in [7, 11) is 3.20. The minimum atomic E-state index is -0.557. The maximum absolute atomic E-state index is 13.3. The van der Waals surface area contributed by atoms with Gasteiger partial charge in [-0.25, -0.2) is 9.78 Å². The summed E-state index contributed by atoms with van der Waals surface area (Å²) in [4.78, 5) is 30.7. The Balaban J connectivity index is 1.43. The first kappa shape index (κ1) is 25.3. The van der Waals surface area contributed by atoms with Gasteiger partial charge in [0.25, 0.3) is 5.91 Å². The summed E-state index contributed by atoms with van der Waals surface area (Å²) >= 11 is 5.89. The predicted molar refractivity (Wildman–Crippen MR) is 148 cm³/mol. The zero-order valence-electron chi connectivity index (χ0n) is 20.9. The molecule has 0 fully saturated rings. The number of para-hydroxylation sites is 1. The average Bonchev–Trinajstić information content (AvgIpc) is 3.33. The lowest BCUT2D eigenvalue weighted by Crippen LogP contribution is -2.21. The number of aromatic nitrogens is 1. The minimum Gasteiger partial charge on any atom is -0.493 e. The molecule has 0 saturated heterocycles. The summed E-state index contributed by atoms with van der Waals surface area (Å²) in [6.07, 6.45) is 3.39. The van der Waals surface area contributed by atoms with Gasteiger partial charge in [0.1, 0.15) is 0 Å². The Morgan fingerprint density at radius 3 is 2.50 bits per heavy atom. The van der Waals surface area contributed by atoms with Crippen molar-refractivity contribution in [1.29, 1.82) is 0 Å². The summed E-state index contributed by atoms with van der Waals surface area (Å²) in [6.45, 7) is -0.415. The summed E-state index contributed by atoms with van der Waals surface area (Å²) in [6, 6.07) is 19.8. The number of allylic oxidation sites excluding steroid dienone is 1. The second-order valence-corrected chi connectivity index (χ2v) is 9.18. The molecule has 8 heteroatoms. The normalized spacial score (nSPS) is 13.3. The van der Waals surface area contributed by atoms with E-state index < -0.39 is 18.5 Å². The van der Waals surface area contributed by atoms with Gasteiger partial charge in [0, 0.05) is 16.1 Å². The summed E-state index contributed by atoms with van der Waals surface area (Å²) in [5, 5.41) is 3.96. The minimum absolute atomic E-state index is 0.415. The number of hydrogen-bond acceptors (Lipinski definition) is 6. The summed E-state index contributed by atoms with van der Waals surface area (Å²) < 4.78 is 16.3. The lowest BCUT2D eigenvalue weighted by atomic mass is 10.0. The number of halogens is 1. The highest BCUT2D eigenvalue weighted by atomic mass is 35.5. The Hall–Kier alpha value is -4.36. The van der Waals surface area contributed by atoms with E-state index in [1.807, 2.05) is 48.5 Å². The van der Waals surface area contributed by atoms with E-state index in [4.69, 9.17) is 30.8 Å².